The molecule has 0 saturated heterocycles. The molecule has 0 spiro atoms. The summed E-state index contributed by atoms with van der Waals surface area (Å²) in [6.45, 7) is 1.87. The zero-order valence-electron chi connectivity index (χ0n) is 16.0. The van der Waals surface area contributed by atoms with Crippen LogP contribution in [0, 0.1) is 6.92 Å². The molecule has 29 heavy (non-hydrogen) atoms. The number of ether oxygens (including phenoxy) is 3. The minimum Gasteiger partial charge on any atom is -0.493 e. The van der Waals surface area contributed by atoms with Gasteiger partial charge in [0.2, 0.25) is 11.2 Å². The van der Waals surface area contributed by atoms with E-state index in [1.165, 1.54) is 38.1 Å². The van der Waals surface area contributed by atoms with Gasteiger partial charge in [0.05, 0.1) is 20.0 Å². The molecular formula is C20H18N2O6S. The Labute approximate surface area is 170 Å². The molecule has 0 aliphatic heterocycles. The fourth-order valence-corrected chi connectivity index (χ4v) is 3.19. The summed E-state index contributed by atoms with van der Waals surface area (Å²) in [5, 5.41) is 0.577. The van der Waals surface area contributed by atoms with Crippen LogP contribution in [0.1, 0.15) is 21.8 Å². The van der Waals surface area contributed by atoms with Crippen molar-refractivity contribution in [3.05, 3.63) is 70.0 Å². The van der Waals surface area contributed by atoms with Gasteiger partial charge in [0, 0.05) is 18.0 Å². The van der Waals surface area contributed by atoms with Crippen molar-refractivity contribution in [2.75, 3.05) is 14.2 Å². The molecule has 0 saturated carbocycles. The maximum absolute atomic E-state index is 12.5. The van der Waals surface area contributed by atoms with E-state index in [-0.39, 0.29) is 17.1 Å². The summed E-state index contributed by atoms with van der Waals surface area (Å²) >= 11 is 1.33. The predicted octanol–water partition coefficient (Wildman–Crippen LogP) is 3.27. The molecule has 9 heteroatoms. The third-order valence-corrected chi connectivity index (χ3v) is 4.68. The van der Waals surface area contributed by atoms with Crippen LogP contribution in [0.5, 0.6) is 17.2 Å². The molecule has 8 nitrogen and oxygen atoms in total. The third kappa shape index (κ3) is 4.94. The van der Waals surface area contributed by atoms with E-state index in [9.17, 15) is 9.59 Å². The number of carbonyl (C=O) groups is 1. The lowest BCUT2D eigenvalue weighted by Gasteiger charge is -2.11. The molecule has 0 bridgehead atoms. The van der Waals surface area contributed by atoms with Gasteiger partial charge in [0.1, 0.15) is 17.6 Å². The second-order valence-electron chi connectivity index (χ2n) is 5.77. The minimum absolute atomic E-state index is 0.127. The summed E-state index contributed by atoms with van der Waals surface area (Å²) in [4.78, 5) is 33.2. The van der Waals surface area contributed by atoms with Crippen LogP contribution in [0.4, 0.5) is 0 Å². The maximum atomic E-state index is 12.5. The molecule has 0 N–H and O–H groups in total. The van der Waals surface area contributed by atoms with Crippen molar-refractivity contribution in [1.82, 2.24) is 9.97 Å². The molecule has 0 atom stereocenters. The minimum atomic E-state index is -0.761. The average Bonchev–Trinajstić information content (AvgIpc) is 2.73. The van der Waals surface area contributed by atoms with Crippen LogP contribution in [0.25, 0.3) is 0 Å². The number of nitrogens with zero attached hydrogens (tertiary/aromatic N) is 2. The van der Waals surface area contributed by atoms with Gasteiger partial charge in [-0.25, -0.2) is 14.8 Å². The quantitative estimate of drug-likeness (QED) is 0.327. The number of benzene rings is 1. The van der Waals surface area contributed by atoms with Gasteiger partial charge in [-0.3, -0.25) is 4.79 Å². The summed E-state index contributed by atoms with van der Waals surface area (Å²) in [6, 6.07) is 7.85. The van der Waals surface area contributed by atoms with Crippen LogP contribution in [-0.2, 0) is 5.75 Å². The number of hydrogen-bond donors (Lipinski definition) is 0. The van der Waals surface area contributed by atoms with Gasteiger partial charge < -0.3 is 18.6 Å². The number of thioether (sulfide) groups is 1. The van der Waals surface area contributed by atoms with Crippen LogP contribution >= 0.6 is 11.8 Å². The number of esters is 1. The van der Waals surface area contributed by atoms with Crippen molar-refractivity contribution in [2.45, 2.75) is 17.8 Å². The Hall–Kier alpha value is -3.33. The van der Waals surface area contributed by atoms with E-state index in [2.05, 4.69) is 9.97 Å². The zero-order chi connectivity index (χ0) is 20.8. The molecule has 1 aromatic carbocycles. The molecule has 3 aromatic rings. The number of rotatable bonds is 7. The Morgan fingerprint density at radius 3 is 2.69 bits per heavy atom. The zero-order valence-corrected chi connectivity index (χ0v) is 16.8. The Morgan fingerprint density at radius 2 is 2.00 bits per heavy atom. The Bertz CT molecular complexity index is 1080. The average molecular weight is 414 g/mol. The van der Waals surface area contributed by atoms with Crippen molar-refractivity contribution in [3.8, 4) is 17.2 Å². The van der Waals surface area contributed by atoms with E-state index in [1.54, 1.807) is 24.4 Å². The highest BCUT2D eigenvalue weighted by Crippen LogP contribution is 2.31. The number of para-hydroxylation sites is 1. The van der Waals surface area contributed by atoms with E-state index in [1.807, 2.05) is 6.92 Å². The van der Waals surface area contributed by atoms with Crippen LogP contribution in [0.3, 0.4) is 0 Å². The highest BCUT2D eigenvalue weighted by Gasteiger charge is 2.20. The second-order valence-corrected chi connectivity index (χ2v) is 6.72. The van der Waals surface area contributed by atoms with Gasteiger partial charge in [-0.15, -0.1) is 0 Å². The molecule has 0 radical (unpaired) electrons. The van der Waals surface area contributed by atoms with Crippen LogP contribution < -0.4 is 19.6 Å². The standard InChI is InChI=1S/C20H18N2O6S/c1-12-7-8-21-20(22-12)29-11-13-9-15(23)17(10-27-13)28-19(24)14-5-4-6-16(25-2)18(14)26-3/h4-10H,11H2,1-3H3. The Balaban J connectivity index is 1.72. The topological polar surface area (TPSA) is 101 Å². The van der Waals surface area contributed by atoms with Gasteiger partial charge >= 0.3 is 5.97 Å². The van der Waals surface area contributed by atoms with Crippen molar-refractivity contribution in [3.63, 3.8) is 0 Å². The molecule has 0 amide bonds. The van der Waals surface area contributed by atoms with E-state index >= 15 is 0 Å². The normalized spacial score (nSPS) is 10.4. The van der Waals surface area contributed by atoms with Gasteiger partial charge in [-0.1, -0.05) is 17.8 Å². The third-order valence-electron chi connectivity index (χ3n) is 3.79. The van der Waals surface area contributed by atoms with E-state index < -0.39 is 11.4 Å². The van der Waals surface area contributed by atoms with Crippen molar-refractivity contribution in [1.29, 1.82) is 0 Å². The fourth-order valence-electron chi connectivity index (χ4n) is 2.42. The van der Waals surface area contributed by atoms with Crippen molar-refractivity contribution < 1.29 is 23.4 Å². The first-order chi connectivity index (χ1) is 14.0. The van der Waals surface area contributed by atoms with Gasteiger partial charge in [0.15, 0.2) is 16.7 Å². The van der Waals surface area contributed by atoms with Gasteiger partial charge in [-0.05, 0) is 25.1 Å². The SMILES string of the molecule is COc1cccc(C(=O)Oc2coc(CSc3nccc(C)n3)cc2=O)c1OC. The summed E-state index contributed by atoms with van der Waals surface area (Å²) in [5.74, 6) is 0.374. The molecule has 150 valence electrons. The summed E-state index contributed by atoms with van der Waals surface area (Å²) < 4.78 is 21.0. The number of carbonyl (C=O) groups excluding carboxylic acids is 1. The largest absolute Gasteiger partial charge is 0.493 e. The first kappa shape index (κ1) is 20.4. The molecule has 0 fully saturated rings. The lowest BCUT2D eigenvalue weighted by Crippen LogP contribution is -2.15. The lowest BCUT2D eigenvalue weighted by molar-refractivity contribution is 0.0724. The Morgan fingerprint density at radius 1 is 1.17 bits per heavy atom. The number of aromatic nitrogens is 2. The fraction of sp³-hybridized carbons (Fsp3) is 0.200. The van der Waals surface area contributed by atoms with Crippen molar-refractivity contribution in [2.24, 2.45) is 0 Å². The highest BCUT2D eigenvalue weighted by atomic mass is 32.2. The lowest BCUT2D eigenvalue weighted by atomic mass is 10.2. The number of aryl methyl sites for hydroxylation is 1. The summed E-state index contributed by atoms with van der Waals surface area (Å²) in [6.07, 6.45) is 2.77. The highest BCUT2D eigenvalue weighted by molar-refractivity contribution is 7.98. The molecule has 2 heterocycles. The smallest absolute Gasteiger partial charge is 0.347 e. The monoisotopic (exact) mass is 414 g/mol. The van der Waals surface area contributed by atoms with Gasteiger partial charge in [0.25, 0.3) is 0 Å². The predicted molar refractivity (Wildman–Crippen MR) is 106 cm³/mol. The van der Waals surface area contributed by atoms with Crippen LogP contribution in [0.15, 0.2) is 57.2 Å². The van der Waals surface area contributed by atoms with Gasteiger partial charge in [-0.2, -0.15) is 0 Å². The van der Waals surface area contributed by atoms with E-state index in [0.717, 1.165) is 12.0 Å². The summed E-state index contributed by atoms with van der Waals surface area (Å²) in [5.41, 5.74) is 0.494. The first-order valence-corrected chi connectivity index (χ1v) is 9.47. The summed E-state index contributed by atoms with van der Waals surface area (Å²) in [7, 11) is 2.87. The maximum Gasteiger partial charge on any atom is 0.347 e. The molecule has 0 unspecified atom stereocenters. The number of hydrogen-bond acceptors (Lipinski definition) is 9. The Kier molecular flexibility index (Phi) is 6.50. The van der Waals surface area contributed by atoms with Crippen LogP contribution in [-0.4, -0.2) is 30.2 Å². The van der Waals surface area contributed by atoms with E-state index in [0.29, 0.717) is 22.4 Å². The molecular weight excluding hydrogens is 396 g/mol. The first-order valence-electron chi connectivity index (χ1n) is 8.49. The molecule has 0 aliphatic rings. The van der Waals surface area contributed by atoms with Crippen LogP contribution in [0.2, 0.25) is 0 Å². The van der Waals surface area contributed by atoms with E-state index in [4.69, 9.17) is 18.6 Å². The molecule has 2 aromatic heterocycles. The number of methoxy groups -OCH3 is 2. The van der Waals surface area contributed by atoms with Crippen molar-refractivity contribution >= 4 is 17.7 Å². The molecule has 3 rings (SSSR count). The molecule has 0 aliphatic carbocycles. The second kappa shape index (κ2) is 9.24.